The van der Waals surface area contributed by atoms with E-state index in [1.807, 2.05) is 55.5 Å². The third kappa shape index (κ3) is 4.25. The third-order valence-corrected chi connectivity index (χ3v) is 3.97. The third-order valence-electron chi connectivity index (χ3n) is 3.97. The molecule has 2 N–H and O–H groups in total. The minimum atomic E-state index is -0.109. The van der Waals surface area contributed by atoms with Gasteiger partial charge in [0.25, 0.3) is 0 Å². The lowest BCUT2D eigenvalue weighted by Gasteiger charge is -2.09. The number of aryl methyl sites for hydroxylation is 1. The summed E-state index contributed by atoms with van der Waals surface area (Å²) in [6.45, 7) is 1.99. The summed E-state index contributed by atoms with van der Waals surface area (Å²) < 4.78 is 0. The highest BCUT2D eigenvalue weighted by molar-refractivity contribution is 5.91. The van der Waals surface area contributed by atoms with E-state index < -0.39 is 0 Å². The number of amides is 1. The van der Waals surface area contributed by atoms with Gasteiger partial charge in [-0.15, -0.1) is 0 Å². The molecule has 3 rings (SSSR count). The SMILES string of the molecule is Cc1ccccc1CC(=O)Nc1ccc(Nc2ccccc2C#N)cn1. The van der Waals surface area contributed by atoms with Crippen molar-refractivity contribution in [2.45, 2.75) is 13.3 Å². The van der Waals surface area contributed by atoms with Crippen LogP contribution in [0.15, 0.2) is 66.9 Å². The number of carbonyl (C=O) groups is 1. The molecule has 1 heterocycles. The van der Waals surface area contributed by atoms with Gasteiger partial charge >= 0.3 is 0 Å². The molecule has 0 saturated carbocycles. The average molecular weight is 342 g/mol. The van der Waals surface area contributed by atoms with Gasteiger partial charge in [-0.2, -0.15) is 5.26 Å². The maximum atomic E-state index is 12.2. The molecule has 2 aromatic carbocycles. The van der Waals surface area contributed by atoms with Crippen LogP contribution in [-0.4, -0.2) is 10.9 Å². The highest BCUT2D eigenvalue weighted by Crippen LogP contribution is 2.20. The summed E-state index contributed by atoms with van der Waals surface area (Å²) >= 11 is 0. The van der Waals surface area contributed by atoms with Crippen LogP contribution in [0.3, 0.4) is 0 Å². The molecule has 0 spiro atoms. The number of aromatic nitrogens is 1. The van der Waals surface area contributed by atoms with E-state index in [0.717, 1.165) is 16.8 Å². The number of rotatable bonds is 5. The highest BCUT2D eigenvalue weighted by atomic mass is 16.1. The summed E-state index contributed by atoms with van der Waals surface area (Å²) in [6, 6.07) is 20.7. The molecule has 5 nitrogen and oxygen atoms in total. The molecule has 128 valence electrons. The van der Waals surface area contributed by atoms with E-state index in [1.54, 1.807) is 18.3 Å². The minimum Gasteiger partial charge on any atom is -0.353 e. The Kier molecular flexibility index (Phi) is 5.25. The zero-order valence-corrected chi connectivity index (χ0v) is 14.4. The number of nitrogens with zero attached hydrogens (tertiary/aromatic N) is 2. The fourth-order valence-corrected chi connectivity index (χ4v) is 2.56. The van der Waals surface area contributed by atoms with Crippen molar-refractivity contribution in [1.82, 2.24) is 4.98 Å². The normalized spacial score (nSPS) is 10.0. The molecule has 26 heavy (non-hydrogen) atoms. The Bertz CT molecular complexity index is 958. The second kappa shape index (κ2) is 7.95. The van der Waals surface area contributed by atoms with Gasteiger partial charge in [0, 0.05) is 0 Å². The molecule has 1 aromatic heterocycles. The second-order valence-corrected chi connectivity index (χ2v) is 5.87. The number of hydrogen-bond donors (Lipinski definition) is 2. The maximum Gasteiger partial charge on any atom is 0.229 e. The van der Waals surface area contributed by atoms with E-state index >= 15 is 0 Å². The molecule has 3 aromatic rings. The molecule has 0 saturated heterocycles. The van der Waals surface area contributed by atoms with E-state index in [4.69, 9.17) is 5.26 Å². The van der Waals surface area contributed by atoms with Crippen molar-refractivity contribution in [1.29, 1.82) is 5.26 Å². The summed E-state index contributed by atoms with van der Waals surface area (Å²) in [7, 11) is 0. The van der Waals surface area contributed by atoms with Gasteiger partial charge in [-0.05, 0) is 42.3 Å². The first-order chi connectivity index (χ1) is 12.7. The quantitative estimate of drug-likeness (QED) is 0.729. The fraction of sp³-hybridized carbons (Fsp3) is 0.0952. The molecule has 0 aliphatic carbocycles. The van der Waals surface area contributed by atoms with Crippen LogP contribution in [0.4, 0.5) is 17.2 Å². The van der Waals surface area contributed by atoms with Crippen molar-refractivity contribution >= 4 is 23.1 Å². The van der Waals surface area contributed by atoms with Crippen LogP contribution in [0.25, 0.3) is 0 Å². The van der Waals surface area contributed by atoms with Crippen LogP contribution in [-0.2, 0) is 11.2 Å². The first-order valence-electron chi connectivity index (χ1n) is 8.22. The van der Waals surface area contributed by atoms with Crippen molar-refractivity contribution in [3.63, 3.8) is 0 Å². The molecule has 0 radical (unpaired) electrons. The highest BCUT2D eigenvalue weighted by Gasteiger charge is 2.07. The zero-order valence-electron chi connectivity index (χ0n) is 14.4. The Balaban J connectivity index is 1.63. The number of nitriles is 1. The average Bonchev–Trinajstić information content (AvgIpc) is 2.66. The first kappa shape index (κ1) is 17.2. The molecule has 0 aliphatic rings. The number of nitrogens with one attached hydrogen (secondary N) is 2. The Morgan fingerprint density at radius 1 is 1.08 bits per heavy atom. The molecule has 0 unspecified atom stereocenters. The molecule has 0 fully saturated rings. The Hall–Kier alpha value is -3.65. The van der Waals surface area contributed by atoms with Gasteiger partial charge in [0.1, 0.15) is 11.9 Å². The second-order valence-electron chi connectivity index (χ2n) is 5.87. The van der Waals surface area contributed by atoms with E-state index in [0.29, 0.717) is 23.5 Å². The van der Waals surface area contributed by atoms with Crippen LogP contribution in [0.5, 0.6) is 0 Å². The largest absolute Gasteiger partial charge is 0.353 e. The summed E-state index contributed by atoms with van der Waals surface area (Å²) in [5, 5.41) is 15.1. The Morgan fingerprint density at radius 2 is 1.85 bits per heavy atom. The molecular weight excluding hydrogens is 324 g/mol. The molecule has 1 amide bonds. The van der Waals surface area contributed by atoms with Crippen LogP contribution in [0, 0.1) is 18.3 Å². The number of pyridine rings is 1. The van der Waals surface area contributed by atoms with Crippen molar-refractivity contribution in [3.8, 4) is 6.07 Å². The van der Waals surface area contributed by atoms with Gasteiger partial charge in [-0.3, -0.25) is 4.79 Å². The van der Waals surface area contributed by atoms with Gasteiger partial charge in [0.15, 0.2) is 0 Å². The standard InChI is InChI=1S/C21H18N4O/c1-15-6-2-3-7-16(15)12-21(26)25-20-11-10-18(14-23-20)24-19-9-5-4-8-17(19)13-22/h2-11,14,24H,12H2,1H3,(H,23,25,26). The van der Waals surface area contributed by atoms with Crippen molar-refractivity contribution < 1.29 is 4.79 Å². The maximum absolute atomic E-state index is 12.2. The molecule has 5 heteroatoms. The summed E-state index contributed by atoms with van der Waals surface area (Å²) in [4.78, 5) is 16.4. The topological polar surface area (TPSA) is 77.8 Å². The van der Waals surface area contributed by atoms with Gasteiger partial charge in [-0.1, -0.05) is 36.4 Å². The molecule has 0 atom stereocenters. The molecule has 0 bridgehead atoms. The lowest BCUT2D eigenvalue weighted by molar-refractivity contribution is -0.115. The zero-order chi connectivity index (χ0) is 18.4. The fourth-order valence-electron chi connectivity index (χ4n) is 2.56. The lowest BCUT2D eigenvalue weighted by atomic mass is 10.1. The summed E-state index contributed by atoms with van der Waals surface area (Å²) in [6.07, 6.45) is 1.93. The number of para-hydroxylation sites is 1. The number of carbonyl (C=O) groups excluding carboxylic acids is 1. The van der Waals surface area contributed by atoms with Crippen LogP contribution < -0.4 is 10.6 Å². The van der Waals surface area contributed by atoms with Crippen LogP contribution in [0.2, 0.25) is 0 Å². The van der Waals surface area contributed by atoms with Crippen molar-refractivity contribution in [2.24, 2.45) is 0 Å². The van der Waals surface area contributed by atoms with Crippen molar-refractivity contribution in [3.05, 3.63) is 83.6 Å². The van der Waals surface area contributed by atoms with E-state index in [1.165, 1.54) is 0 Å². The number of anilines is 3. The smallest absolute Gasteiger partial charge is 0.229 e. The van der Waals surface area contributed by atoms with Crippen LogP contribution in [0.1, 0.15) is 16.7 Å². The summed E-state index contributed by atoms with van der Waals surface area (Å²) in [5.74, 6) is 0.380. The van der Waals surface area contributed by atoms with Gasteiger partial charge < -0.3 is 10.6 Å². The van der Waals surface area contributed by atoms with Gasteiger partial charge in [-0.25, -0.2) is 4.98 Å². The van der Waals surface area contributed by atoms with Gasteiger partial charge in [0.2, 0.25) is 5.91 Å². The number of hydrogen-bond acceptors (Lipinski definition) is 4. The molecule has 0 aliphatic heterocycles. The number of benzene rings is 2. The van der Waals surface area contributed by atoms with Gasteiger partial charge in [0.05, 0.1) is 29.6 Å². The predicted molar refractivity (Wildman–Crippen MR) is 102 cm³/mol. The minimum absolute atomic E-state index is 0.109. The molecular formula is C21H18N4O. The monoisotopic (exact) mass is 342 g/mol. The van der Waals surface area contributed by atoms with E-state index in [9.17, 15) is 4.79 Å². The van der Waals surface area contributed by atoms with Crippen molar-refractivity contribution in [2.75, 3.05) is 10.6 Å². The van der Waals surface area contributed by atoms with E-state index in [2.05, 4.69) is 21.7 Å². The van der Waals surface area contributed by atoms with E-state index in [-0.39, 0.29) is 5.91 Å². The Labute approximate surface area is 152 Å². The first-order valence-corrected chi connectivity index (χ1v) is 8.22. The lowest BCUT2D eigenvalue weighted by Crippen LogP contribution is -2.15. The summed E-state index contributed by atoms with van der Waals surface area (Å²) in [5.41, 5.74) is 4.10. The predicted octanol–water partition coefficient (Wildman–Crippen LogP) is 4.19. The van der Waals surface area contributed by atoms with Crippen LogP contribution >= 0.6 is 0 Å². The Morgan fingerprint density at radius 3 is 2.58 bits per heavy atom.